The summed E-state index contributed by atoms with van der Waals surface area (Å²) in [6.45, 7) is 0.175. The molecular weight excluding hydrogens is 337 g/mol. The van der Waals surface area contributed by atoms with Gasteiger partial charge in [0.1, 0.15) is 17.8 Å². The van der Waals surface area contributed by atoms with Crippen molar-refractivity contribution in [3.8, 4) is 0 Å². The van der Waals surface area contributed by atoms with E-state index in [1.165, 1.54) is 12.5 Å². The summed E-state index contributed by atoms with van der Waals surface area (Å²) >= 11 is 0. The lowest BCUT2D eigenvalue weighted by atomic mass is 9.87. The molecule has 1 atom stereocenters. The molecule has 2 aromatic heterocycles. The zero-order chi connectivity index (χ0) is 17.9. The van der Waals surface area contributed by atoms with Gasteiger partial charge in [-0.3, -0.25) is 9.69 Å². The van der Waals surface area contributed by atoms with Crippen LogP contribution in [0.4, 0.5) is 13.2 Å². The lowest BCUT2D eigenvalue weighted by molar-refractivity contribution is -0.146. The maximum absolute atomic E-state index is 12.7. The van der Waals surface area contributed by atoms with E-state index in [0.717, 1.165) is 12.3 Å². The number of carbonyl (C=O) groups is 1. The molecule has 3 heterocycles. The number of aromatic nitrogens is 2. The van der Waals surface area contributed by atoms with Crippen molar-refractivity contribution >= 4 is 5.91 Å². The Labute approximate surface area is 142 Å². The number of hydrogen-bond donors (Lipinski definition) is 1. The van der Waals surface area contributed by atoms with Gasteiger partial charge in [0.2, 0.25) is 5.91 Å². The molecule has 0 spiro atoms. The predicted octanol–water partition coefficient (Wildman–Crippen LogP) is 2.15. The highest BCUT2D eigenvalue weighted by Gasteiger charge is 2.44. The zero-order valence-corrected chi connectivity index (χ0v) is 13.5. The first-order chi connectivity index (χ1) is 11.9. The Hall–Kier alpha value is -2.29. The Morgan fingerprint density at radius 3 is 2.92 bits per heavy atom. The van der Waals surface area contributed by atoms with Crippen molar-refractivity contribution in [2.45, 2.75) is 31.1 Å². The van der Waals surface area contributed by atoms with Gasteiger partial charge < -0.3 is 14.3 Å². The second-order valence-electron chi connectivity index (χ2n) is 6.19. The average molecular weight is 356 g/mol. The van der Waals surface area contributed by atoms with Crippen LogP contribution in [0.2, 0.25) is 0 Å². The zero-order valence-electron chi connectivity index (χ0n) is 13.5. The lowest BCUT2D eigenvalue weighted by Crippen LogP contribution is -2.58. The summed E-state index contributed by atoms with van der Waals surface area (Å²) in [7, 11) is 0. The van der Waals surface area contributed by atoms with Crippen LogP contribution in [0.15, 0.2) is 41.5 Å². The number of nitrogens with one attached hydrogen (secondary N) is 1. The second kappa shape index (κ2) is 6.91. The van der Waals surface area contributed by atoms with Crippen LogP contribution in [0.5, 0.6) is 0 Å². The molecule has 1 N–H and O–H groups in total. The number of piperidine rings is 1. The molecule has 0 aromatic carbocycles. The number of carbonyl (C=O) groups excluding carboxylic acids is 1. The fourth-order valence-corrected chi connectivity index (χ4v) is 3.25. The number of amides is 1. The summed E-state index contributed by atoms with van der Waals surface area (Å²) in [5.41, 5.74) is -1.12. The first-order valence-corrected chi connectivity index (χ1v) is 7.97. The van der Waals surface area contributed by atoms with Crippen molar-refractivity contribution in [2.24, 2.45) is 0 Å². The molecule has 1 unspecified atom stereocenters. The van der Waals surface area contributed by atoms with E-state index in [0.29, 0.717) is 19.4 Å². The molecule has 1 aliphatic rings. The largest absolute Gasteiger partial charge is 0.468 e. The van der Waals surface area contributed by atoms with Crippen LogP contribution in [0.3, 0.4) is 0 Å². The molecule has 0 radical (unpaired) electrons. The fraction of sp³-hybridized carbons (Fsp3) is 0.500. The minimum absolute atomic E-state index is 0.285. The highest BCUT2D eigenvalue weighted by Crippen LogP contribution is 2.30. The van der Waals surface area contributed by atoms with Gasteiger partial charge in [-0.15, -0.1) is 0 Å². The highest BCUT2D eigenvalue weighted by atomic mass is 19.4. The Bertz CT molecular complexity index is 685. The smallest absolute Gasteiger partial charge is 0.405 e. The predicted molar refractivity (Wildman–Crippen MR) is 82.5 cm³/mol. The van der Waals surface area contributed by atoms with Crippen LogP contribution in [0.25, 0.3) is 0 Å². The summed E-state index contributed by atoms with van der Waals surface area (Å²) in [5.74, 6) is 0.101. The van der Waals surface area contributed by atoms with Crippen molar-refractivity contribution in [1.29, 1.82) is 0 Å². The van der Waals surface area contributed by atoms with Crippen LogP contribution < -0.4 is 5.32 Å². The van der Waals surface area contributed by atoms with E-state index < -0.39 is 24.2 Å². The maximum Gasteiger partial charge on any atom is 0.405 e. The van der Waals surface area contributed by atoms with Crippen LogP contribution in [-0.4, -0.2) is 46.2 Å². The van der Waals surface area contributed by atoms with Gasteiger partial charge in [0, 0.05) is 18.9 Å². The number of alkyl halides is 3. The SMILES string of the molecule is O=C(NCC(F)(F)F)C1(n2ccnc2)CCCN(Cc2ccco2)C1. The third-order valence-corrected chi connectivity index (χ3v) is 4.38. The minimum Gasteiger partial charge on any atom is -0.468 e. The van der Waals surface area contributed by atoms with Gasteiger partial charge in [-0.2, -0.15) is 13.2 Å². The van der Waals surface area contributed by atoms with Crippen molar-refractivity contribution in [3.63, 3.8) is 0 Å². The van der Waals surface area contributed by atoms with Crippen LogP contribution in [0.1, 0.15) is 18.6 Å². The quantitative estimate of drug-likeness (QED) is 0.892. The second-order valence-corrected chi connectivity index (χ2v) is 6.19. The molecule has 136 valence electrons. The first kappa shape index (κ1) is 17.5. The van der Waals surface area contributed by atoms with Crippen LogP contribution in [0, 0.1) is 0 Å². The van der Waals surface area contributed by atoms with Crippen molar-refractivity contribution in [2.75, 3.05) is 19.6 Å². The normalized spacial score (nSPS) is 22.0. The Morgan fingerprint density at radius 2 is 2.28 bits per heavy atom. The number of hydrogen-bond acceptors (Lipinski definition) is 4. The van der Waals surface area contributed by atoms with E-state index in [1.807, 2.05) is 16.3 Å². The van der Waals surface area contributed by atoms with E-state index in [-0.39, 0.29) is 6.54 Å². The van der Waals surface area contributed by atoms with Gasteiger partial charge in [0.25, 0.3) is 0 Å². The fourth-order valence-electron chi connectivity index (χ4n) is 3.25. The molecule has 9 heteroatoms. The number of nitrogens with zero attached hydrogens (tertiary/aromatic N) is 3. The van der Waals surface area contributed by atoms with Gasteiger partial charge in [-0.1, -0.05) is 0 Å². The topological polar surface area (TPSA) is 63.3 Å². The van der Waals surface area contributed by atoms with Crippen LogP contribution in [-0.2, 0) is 16.9 Å². The third kappa shape index (κ3) is 4.04. The Kier molecular flexibility index (Phi) is 4.85. The highest BCUT2D eigenvalue weighted by molar-refractivity contribution is 5.85. The molecule has 0 bridgehead atoms. The summed E-state index contributed by atoms with van der Waals surface area (Å²) in [5, 5.41) is 2.04. The molecule has 25 heavy (non-hydrogen) atoms. The van der Waals surface area contributed by atoms with Gasteiger partial charge in [0.15, 0.2) is 0 Å². The van der Waals surface area contributed by atoms with E-state index in [1.54, 1.807) is 23.1 Å². The van der Waals surface area contributed by atoms with Crippen molar-refractivity contribution in [1.82, 2.24) is 19.8 Å². The molecule has 2 aromatic rings. The van der Waals surface area contributed by atoms with E-state index in [9.17, 15) is 18.0 Å². The van der Waals surface area contributed by atoms with Crippen LogP contribution >= 0.6 is 0 Å². The standard InChI is InChI=1S/C16H19F3N4O2/c17-16(18,19)10-21-14(24)15(23-7-5-20-12-23)4-2-6-22(11-15)9-13-3-1-8-25-13/h1,3,5,7-8,12H,2,4,6,9-11H2,(H,21,24). The third-order valence-electron chi connectivity index (χ3n) is 4.38. The molecule has 0 saturated carbocycles. The first-order valence-electron chi connectivity index (χ1n) is 7.97. The summed E-state index contributed by atoms with van der Waals surface area (Å²) < 4.78 is 44.5. The maximum atomic E-state index is 12.7. The van der Waals surface area contributed by atoms with Gasteiger partial charge in [-0.05, 0) is 31.5 Å². The number of imidazole rings is 1. The van der Waals surface area contributed by atoms with Gasteiger partial charge in [-0.25, -0.2) is 4.98 Å². The molecule has 1 fully saturated rings. The number of furan rings is 1. The van der Waals surface area contributed by atoms with E-state index in [4.69, 9.17) is 4.42 Å². The molecular formula is C16H19F3N4O2. The van der Waals surface area contributed by atoms with Crippen molar-refractivity contribution < 1.29 is 22.4 Å². The molecule has 1 aliphatic heterocycles. The van der Waals surface area contributed by atoms with E-state index >= 15 is 0 Å². The monoisotopic (exact) mass is 356 g/mol. The molecule has 1 saturated heterocycles. The van der Waals surface area contributed by atoms with E-state index in [2.05, 4.69) is 4.98 Å². The molecule has 3 rings (SSSR count). The van der Waals surface area contributed by atoms with Gasteiger partial charge in [0.05, 0.1) is 19.1 Å². The summed E-state index contributed by atoms with van der Waals surface area (Å²) in [6.07, 6.45) is 2.85. The summed E-state index contributed by atoms with van der Waals surface area (Å²) in [4.78, 5) is 18.7. The molecule has 1 amide bonds. The lowest BCUT2D eigenvalue weighted by Gasteiger charge is -2.42. The Balaban J connectivity index is 1.80. The number of rotatable bonds is 5. The Morgan fingerprint density at radius 1 is 1.44 bits per heavy atom. The molecule has 6 nitrogen and oxygen atoms in total. The average Bonchev–Trinajstić information content (AvgIpc) is 3.25. The van der Waals surface area contributed by atoms with Crippen molar-refractivity contribution in [3.05, 3.63) is 42.9 Å². The summed E-state index contributed by atoms with van der Waals surface area (Å²) in [6, 6.07) is 3.61. The number of likely N-dealkylation sites (tertiary alicyclic amines) is 1. The minimum atomic E-state index is -4.45. The number of halogens is 3. The van der Waals surface area contributed by atoms with Gasteiger partial charge >= 0.3 is 6.18 Å². The molecule has 0 aliphatic carbocycles.